The molecule has 0 aromatic rings. The lowest BCUT2D eigenvalue weighted by atomic mass is 10.5. The van der Waals surface area contributed by atoms with Crippen LogP contribution in [0.15, 0.2) is 12.3 Å². The standard InChI is InChI=1S/C4H8N2.H2O/c1-2-5-4-6-3-1;/h1-2,5-6H,3-4H2;1H2. The molecule has 1 aliphatic rings. The van der Waals surface area contributed by atoms with Gasteiger partial charge in [0.2, 0.25) is 0 Å². The van der Waals surface area contributed by atoms with Gasteiger partial charge in [-0.2, -0.15) is 0 Å². The highest BCUT2D eigenvalue weighted by molar-refractivity contribution is 4.84. The number of rotatable bonds is 0. The van der Waals surface area contributed by atoms with E-state index in [2.05, 4.69) is 10.6 Å². The van der Waals surface area contributed by atoms with Gasteiger partial charge in [-0.1, -0.05) is 6.08 Å². The molecule has 0 aliphatic carbocycles. The minimum atomic E-state index is 0. The Morgan fingerprint density at radius 1 is 1.43 bits per heavy atom. The summed E-state index contributed by atoms with van der Waals surface area (Å²) >= 11 is 0. The maximum absolute atomic E-state index is 3.09. The third-order valence-corrected chi connectivity index (χ3v) is 0.725. The topological polar surface area (TPSA) is 55.6 Å². The van der Waals surface area contributed by atoms with Crippen LogP contribution in [0.4, 0.5) is 0 Å². The molecular weight excluding hydrogens is 92.1 g/mol. The monoisotopic (exact) mass is 102 g/mol. The summed E-state index contributed by atoms with van der Waals surface area (Å²) in [7, 11) is 0. The van der Waals surface area contributed by atoms with Gasteiger partial charge in [0.15, 0.2) is 0 Å². The fourth-order valence-electron chi connectivity index (χ4n) is 0.429. The van der Waals surface area contributed by atoms with Gasteiger partial charge in [0.25, 0.3) is 0 Å². The highest BCUT2D eigenvalue weighted by Gasteiger charge is 1.81. The molecule has 3 nitrogen and oxygen atoms in total. The molecule has 3 heteroatoms. The second-order valence-corrected chi connectivity index (χ2v) is 1.24. The minimum Gasteiger partial charge on any atom is -0.412 e. The first kappa shape index (κ1) is 6.46. The molecule has 0 bridgehead atoms. The van der Waals surface area contributed by atoms with E-state index in [-0.39, 0.29) is 5.48 Å². The lowest BCUT2D eigenvalue weighted by Crippen LogP contribution is -2.29. The molecule has 0 saturated heterocycles. The van der Waals surface area contributed by atoms with E-state index in [1.54, 1.807) is 0 Å². The van der Waals surface area contributed by atoms with Gasteiger partial charge in [-0.05, 0) is 6.20 Å². The Balaban J connectivity index is 0.000000360. The smallest absolute Gasteiger partial charge is 0.0650 e. The molecule has 0 fully saturated rings. The predicted molar refractivity (Wildman–Crippen MR) is 28.8 cm³/mol. The lowest BCUT2D eigenvalue weighted by molar-refractivity contribution is 0.669. The molecule has 1 aliphatic heterocycles. The first-order chi connectivity index (χ1) is 3.00. The second kappa shape index (κ2) is 3.64. The van der Waals surface area contributed by atoms with Crippen LogP contribution in [0.1, 0.15) is 0 Å². The maximum atomic E-state index is 3.09. The van der Waals surface area contributed by atoms with Crippen LogP contribution in [0.3, 0.4) is 0 Å². The largest absolute Gasteiger partial charge is 0.412 e. The van der Waals surface area contributed by atoms with Crippen molar-refractivity contribution in [2.24, 2.45) is 0 Å². The summed E-state index contributed by atoms with van der Waals surface area (Å²) in [5.74, 6) is 0. The quantitative estimate of drug-likeness (QED) is 0.404. The molecule has 0 radical (unpaired) electrons. The van der Waals surface area contributed by atoms with Crippen molar-refractivity contribution < 1.29 is 5.48 Å². The van der Waals surface area contributed by atoms with Crippen LogP contribution in [-0.4, -0.2) is 18.7 Å². The van der Waals surface area contributed by atoms with Crippen LogP contribution in [0.25, 0.3) is 0 Å². The van der Waals surface area contributed by atoms with Gasteiger partial charge >= 0.3 is 0 Å². The van der Waals surface area contributed by atoms with Crippen LogP contribution >= 0.6 is 0 Å². The van der Waals surface area contributed by atoms with Crippen LogP contribution in [0, 0.1) is 0 Å². The number of nitrogens with one attached hydrogen (secondary N) is 2. The van der Waals surface area contributed by atoms with E-state index in [4.69, 9.17) is 0 Å². The summed E-state index contributed by atoms with van der Waals surface area (Å²) in [6.45, 7) is 1.92. The first-order valence-corrected chi connectivity index (χ1v) is 2.09. The zero-order valence-electron chi connectivity index (χ0n) is 4.07. The summed E-state index contributed by atoms with van der Waals surface area (Å²) in [5, 5.41) is 6.08. The first-order valence-electron chi connectivity index (χ1n) is 2.09. The third-order valence-electron chi connectivity index (χ3n) is 0.725. The summed E-state index contributed by atoms with van der Waals surface area (Å²) in [6, 6.07) is 0. The Morgan fingerprint density at radius 3 is 2.43 bits per heavy atom. The average molecular weight is 102 g/mol. The Bertz CT molecular complexity index is 54.7. The van der Waals surface area contributed by atoms with Crippen molar-refractivity contribution in [1.82, 2.24) is 10.6 Å². The molecule has 1 rings (SSSR count). The van der Waals surface area contributed by atoms with Crippen molar-refractivity contribution in [2.75, 3.05) is 13.2 Å². The van der Waals surface area contributed by atoms with Gasteiger partial charge in [-0.25, -0.2) is 0 Å². The SMILES string of the molecule is C1=CNCNC1.O. The van der Waals surface area contributed by atoms with Crippen molar-refractivity contribution in [3.63, 3.8) is 0 Å². The Labute approximate surface area is 42.7 Å². The van der Waals surface area contributed by atoms with E-state index in [0.717, 1.165) is 13.2 Å². The molecule has 7 heavy (non-hydrogen) atoms. The van der Waals surface area contributed by atoms with Gasteiger partial charge < -0.3 is 10.8 Å². The van der Waals surface area contributed by atoms with Crippen LogP contribution in [-0.2, 0) is 0 Å². The molecular formula is C4H10N2O. The molecule has 0 aromatic carbocycles. The van der Waals surface area contributed by atoms with Crippen molar-refractivity contribution in [3.05, 3.63) is 12.3 Å². The predicted octanol–water partition coefficient (Wildman–Crippen LogP) is -1.17. The van der Waals surface area contributed by atoms with Gasteiger partial charge in [0, 0.05) is 6.54 Å². The van der Waals surface area contributed by atoms with Crippen molar-refractivity contribution >= 4 is 0 Å². The molecule has 0 saturated carbocycles. The van der Waals surface area contributed by atoms with Gasteiger partial charge in [-0.15, -0.1) is 0 Å². The second-order valence-electron chi connectivity index (χ2n) is 1.24. The fourth-order valence-corrected chi connectivity index (χ4v) is 0.429. The molecule has 1 heterocycles. The minimum absolute atomic E-state index is 0. The van der Waals surface area contributed by atoms with Gasteiger partial charge in [-0.3, -0.25) is 5.32 Å². The molecule has 0 unspecified atom stereocenters. The van der Waals surface area contributed by atoms with E-state index >= 15 is 0 Å². The van der Waals surface area contributed by atoms with E-state index in [1.165, 1.54) is 0 Å². The van der Waals surface area contributed by atoms with Crippen LogP contribution < -0.4 is 10.6 Å². The fraction of sp³-hybridized carbons (Fsp3) is 0.500. The van der Waals surface area contributed by atoms with E-state index in [1.807, 2.05) is 12.3 Å². The third kappa shape index (κ3) is 2.19. The summed E-state index contributed by atoms with van der Waals surface area (Å²) < 4.78 is 0. The summed E-state index contributed by atoms with van der Waals surface area (Å²) in [6.07, 6.45) is 4.00. The number of hydrogen-bond acceptors (Lipinski definition) is 2. The van der Waals surface area contributed by atoms with E-state index in [0.29, 0.717) is 0 Å². The molecule has 0 atom stereocenters. The molecule has 42 valence electrons. The van der Waals surface area contributed by atoms with Crippen LogP contribution in [0.2, 0.25) is 0 Å². The maximum Gasteiger partial charge on any atom is 0.0650 e. The van der Waals surface area contributed by atoms with E-state index in [9.17, 15) is 0 Å². The zero-order chi connectivity index (χ0) is 4.24. The lowest BCUT2D eigenvalue weighted by Gasteiger charge is -2.05. The molecule has 0 spiro atoms. The molecule has 4 N–H and O–H groups in total. The molecule has 0 aromatic heterocycles. The highest BCUT2D eigenvalue weighted by atomic mass is 16.0. The Hall–Kier alpha value is -0.540. The number of hydrogen-bond donors (Lipinski definition) is 2. The summed E-state index contributed by atoms with van der Waals surface area (Å²) in [5.41, 5.74) is 0. The van der Waals surface area contributed by atoms with Crippen molar-refractivity contribution in [2.45, 2.75) is 0 Å². The highest BCUT2D eigenvalue weighted by Crippen LogP contribution is 1.68. The Kier molecular flexibility index (Phi) is 3.36. The normalized spacial score (nSPS) is 17.1. The van der Waals surface area contributed by atoms with E-state index < -0.39 is 0 Å². The van der Waals surface area contributed by atoms with Crippen molar-refractivity contribution in [1.29, 1.82) is 0 Å². The average Bonchev–Trinajstić information content (AvgIpc) is 1.72. The Morgan fingerprint density at radius 2 is 2.29 bits per heavy atom. The van der Waals surface area contributed by atoms with Gasteiger partial charge in [0.05, 0.1) is 6.67 Å². The van der Waals surface area contributed by atoms with Gasteiger partial charge in [0.1, 0.15) is 0 Å². The van der Waals surface area contributed by atoms with Crippen LogP contribution in [0.5, 0.6) is 0 Å². The zero-order valence-corrected chi connectivity index (χ0v) is 4.07. The molecule has 0 amide bonds. The summed E-state index contributed by atoms with van der Waals surface area (Å²) in [4.78, 5) is 0. The van der Waals surface area contributed by atoms with Crippen molar-refractivity contribution in [3.8, 4) is 0 Å².